The zero-order chi connectivity index (χ0) is 24.2. The number of fused-ring (bicyclic) bond motifs is 1. The van der Waals surface area contributed by atoms with Gasteiger partial charge in [0, 0.05) is 22.1 Å². The van der Waals surface area contributed by atoms with Crippen molar-refractivity contribution in [1.29, 1.82) is 0 Å². The fourth-order valence-electron chi connectivity index (χ4n) is 3.48. The zero-order valence-electron chi connectivity index (χ0n) is 17.5. The summed E-state index contributed by atoms with van der Waals surface area (Å²) in [5.41, 5.74) is 9.37. The van der Waals surface area contributed by atoms with Gasteiger partial charge in [-0.1, -0.05) is 35.4 Å². The van der Waals surface area contributed by atoms with Crippen molar-refractivity contribution in [3.05, 3.63) is 111 Å². The van der Waals surface area contributed by atoms with E-state index in [0.717, 1.165) is 12.1 Å². The van der Waals surface area contributed by atoms with Gasteiger partial charge >= 0.3 is 0 Å². The summed E-state index contributed by atoms with van der Waals surface area (Å²) in [6.45, 7) is -0.242. The van der Waals surface area contributed by atoms with E-state index < -0.39 is 29.3 Å². The summed E-state index contributed by atoms with van der Waals surface area (Å²) < 4.78 is 27.7. The summed E-state index contributed by atoms with van der Waals surface area (Å²) in [6.07, 6.45) is -1.16. The van der Waals surface area contributed by atoms with Gasteiger partial charge < -0.3 is 15.2 Å². The van der Waals surface area contributed by atoms with Gasteiger partial charge in [-0.15, -0.1) is 0 Å². The van der Waals surface area contributed by atoms with Crippen LogP contribution in [-0.4, -0.2) is 32.5 Å². The Balaban J connectivity index is 1.88. The van der Waals surface area contributed by atoms with Gasteiger partial charge in [-0.2, -0.15) is 0 Å². The molecule has 0 aliphatic carbocycles. The predicted octanol–water partition coefficient (Wildman–Crippen LogP) is 5.49. The number of aromatic nitrogens is 2. The number of hydrogen-bond acceptors (Lipinski definition) is 5. The van der Waals surface area contributed by atoms with E-state index in [1.807, 2.05) is 0 Å². The molecule has 1 unspecified atom stereocenters. The van der Waals surface area contributed by atoms with Crippen molar-refractivity contribution < 1.29 is 23.8 Å². The van der Waals surface area contributed by atoms with Crippen LogP contribution in [0.25, 0.3) is 32.8 Å². The highest BCUT2D eigenvalue weighted by atomic mass is 19.1. The summed E-state index contributed by atoms with van der Waals surface area (Å²) in [6, 6.07) is 15.2. The molecule has 0 aliphatic heterocycles. The number of imidazole rings is 1. The Bertz CT molecular complexity index is 1420. The molecule has 8 nitrogen and oxygen atoms in total. The van der Waals surface area contributed by atoms with Crippen LogP contribution < -0.4 is 0 Å². The molecule has 1 heterocycles. The Hall–Kier alpha value is -4.53. The number of rotatable bonds is 7. The third-order valence-corrected chi connectivity index (χ3v) is 5.08. The number of ketones is 1. The molecular weight excluding hydrogens is 444 g/mol. The first kappa shape index (κ1) is 22.7. The molecule has 0 bridgehead atoms. The van der Waals surface area contributed by atoms with Gasteiger partial charge in [-0.05, 0) is 41.4 Å². The maximum atomic E-state index is 13.8. The van der Waals surface area contributed by atoms with Gasteiger partial charge in [-0.25, -0.2) is 13.8 Å². The molecule has 10 heteroatoms. The van der Waals surface area contributed by atoms with E-state index >= 15 is 0 Å². The maximum absolute atomic E-state index is 13.8. The van der Waals surface area contributed by atoms with E-state index in [-0.39, 0.29) is 29.1 Å². The first-order valence-electron chi connectivity index (χ1n) is 10.1. The number of nitrogens with zero attached hydrogens (tertiary/aromatic N) is 4. The van der Waals surface area contributed by atoms with Crippen LogP contribution in [0.1, 0.15) is 33.4 Å². The van der Waals surface area contributed by atoms with Gasteiger partial charge in [0.15, 0.2) is 0 Å². The number of halogens is 2. The van der Waals surface area contributed by atoms with Crippen LogP contribution in [0.15, 0.2) is 71.8 Å². The molecule has 4 aromatic rings. The van der Waals surface area contributed by atoms with Crippen LogP contribution in [-0.2, 0) is 0 Å². The fraction of sp³-hybridized carbons (Fsp3) is 0.0833. The van der Waals surface area contributed by atoms with Crippen molar-refractivity contribution in [2.75, 3.05) is 6.54 Å². The largest absolute Gasteiger partial charge is 0.506 e. The molecule has 0 spiro atoms. The second kappa shape index (κ2) is 9.53. The topological polar surface area (TPSA) is 135 Å². The number of H-pyrrole nitrogens is 1. The number of hydrogen-bond donors (Lipinski definition) is 3. The first-order chi connectivity index (χ1) is 16.4. The van der Waals surface area contributed by atoms with Crippen molar-refractivity contribution in [2.45, 2.75) is 6.10 Å². The van der Waals surface area contributed by atoms with Crippen molar-refractivity contribution in [3.63, 3.8) is 0 Å². The summed E-state index contributed by atoms with van der Waals surface area (Å²) in [5.74, 6) is -3.25. The number of aliphatic hydroxyl groups excluding tert-OH is 2. The number of carbonyl (C=O) groups excluding carboxylic acids is 1. The number of carbonyl (C=O) groups is 1. The minimum absolute atomic E-state index is 0.00611. The quantitative estimate of drug-likeness (QED) is 0.0837. The average molecular weight is 461 g/mol. The Morgan fingerprint density at radius 2 is 1.79 bits per heavy atom. The second-order valence-electron chi connectivity index (χ2n) is 7.37. The van der Waals surface area contributed by atoms with E-state index in [4.69, 9.17) is 5.53 Å². The standard InChI is InChI=1S/C24H17F2N5O3/c25-16-9-15(10-17(26)11-16)23(34)21(24-29-18-6-1-2-7-19(18)30-24)22(33)14-5-3-4-13(8-14)20(32)12-28-31-27/h1-11,20,32,34H,12H2,(H,29,30)/b23-21-. The minimum atomic E-state index is -1.16. The number of azide groups is 1. The minimum Gasteiger partial charge on any atom is -0.506 e. The Morgan fingerprint density at radius 3 is 2.50 bits per heavy atom. The highest BCUT2D eigenvalue weighted by Gasteiger charge is 2.25. The Kier molecular flexibility index (Phi) is 6.35. The lowest BCUT2D eigenvalue weighted by Crippen LogP contribution is -2.09. The van der Waals surface area contributed by atoms with Crippen molar-refractivity contribution in [3.8, 4) is 0 Å². The number of nitrogens with one attached hydrogen (secondary N) is 1. The molecule has 0 saturated heterocycles. The molecular formula is C24H17F2N5O3. The highest BCUT2D eigenvalue weighted by molar-refractivity contribution is 6.33. The van der Waals surface area contributed by atoms with Crippen LogP contribution in [0.2, 0.25) is 0 Å². The molecule has 0 amide bonds. The predicted molar refractivity (Wildman–Crippen MR) is 122 cm³/mol. The molecule has 0 fully saturated rings. The molecule has 3 N–H and O–H groups in total. The number of para-hydroxylation sites is 2. The lowest BCUT2D eigenvalue weighted by atomic mass is 9.96. The normalized spacial score (nSPS) is 12.7. The van der Waals surface area contributed by atoms with Crippen LogP contribution in [0.4, 0.5) is 8.78 Å². The number of allylic oxidation sites excluding steroid dienone is 1. The number of Topliss-reactive ketones (excluding diaryl/α,β-unsaturated/α-hetero) is 1. The highest BCUT2D eigenvalue weighted by Crippen LogP contribution is 2.29. The van der Waals surface area contributed by atoms with Crippen LogP contribution in [0.5, 0.6) is 0 Å². The monoisotopic (exact) mass is 461 g/mol. The summed E-state index contributed by atoms with van der Waals surface area (Å²) in [7, 11) is 0. The molecule has 1 atom stereocenters. The fourth-order valence-corrected chi connectivity index (χ4v) is 3.48. The SMILES string of the molecule is [N-]=[N+]=NCC(O)c1cccc(C(=O)/C(=C(/O)c2cc(F)cc(F)c2)c2nc3ccccc3[nH]2)c1. The van der Waals surface area contributed by atoms with Crippen molar-refractivity contribution in [1.82, 2.24) is 9.97 Å². The summed E-state index contributed by atoms with van der Waals surface area (Å²) in [5, 5.41) is 24.5. The van der Waals surface area contributed by atoms with E-state index in [0.29, 0.717) is 22.7 Å². The molecule has 4 rings (SSSR count). The van der Waals surface area contributed by atoms with Gasteiger partial charge in [0.05, 0.1) is 23.7 Å². The molecule has 0 radical (unpaired) electrons. The number of aromatic amines is 1. The summed E-state index contributed by atoms with van der Waals surface area (Å²) in [4.78, 5) is 23.5. The third kappa shape index (κ3) is 4.63. The lowest BCUT2D eigenvalue weighted by molar-refractivity contribution is 0.105. The zero-order valence-corrected chi connectivity index (χ0v) is 17.5. The average Bonchev–Trinajstić information content (AvgIpc) is 3.25. The van der Waals surface area contributed by atoms with Crippen molar-refractivity contribution in [2.24, 2.45) is 5.11 Å². The molecule has 34 heavy (non-hydrogen) atoms. The van der Waals surface area contributed by atoms with Gasteiger partial charge in [-0.3, -0.25) is 4.79 Å². The summed E-state index contributed by atoms with van der Waals surface area (Å²) >= 11 is 0. The Morgan fingerprint density at radius 1 is 1.06 bits per heavy atom. The maximum Gasteiger partial charge on any atom is 0.200 e. The van der Waals surface area contributed by atoms with E-state index in [1.165, 1.54) is 18.2 Å². The van der Waals surface area contributed by atoms with Gasteiger partial charge in [0.2, 0.25) is 5.78 Å². The second-order valence-corrected chi connectivity index (χ2v) is 7.37. The van der Waals surface area contributed by atoms with Gasteiger partial charge in [0.25, 0.3) is 0 Å². The van der Waals surface area contributed by atoms with Crippen LogP contribution in [0.3, 0.4) is 0 Å². The van der Waals surface area contributed by atoms with Crippen molar-refractivity contribution >= 4 is 28.1 Å². The number of benzene rings is 3. The molecule has 1 aromatic heterocycles. The van der Waals surface area contributed by atoms with E-state index in [2.05, 4.69) is 20.0 Å². The molecule has 170 valence electrons. The first-order valence-corrected chi connectivity index (χ1v) is 10.1. The Labute approximate surface area is 191 Å². The van der Waals surface area contributed by atoms with Gasteiger partial charge in [0.1, 0.15) is 28.8 Å². The smallest absolute Gasteiger partial charge is 0.200 e. The third-order valence-electron chi connectivity index (χ3n) is 5.08. The van der Waals surface area contributed by atoms with Crippen LogP contribution >= 0.6 is 0 Å². The number of aliphatic hydroxyl groups is 2. The van der Waals surface area contributed by atoms with Crippen LogP contribution in [0, 0.1) is 11.6 Å². The molecule has 0 saturated carbocycles. The van der Waals surface area contributed by atoms with E-state index in [1.54, 1.807) is 30.3 Å². The molecule has 3 aromatic carbocycles. The van der Waals surface area contributed by atoms with E-state index in [9.17, 15) is 23.8 Å². The lowest BCUT2D eigenvalue weighted by Gasteiger charge is -2.12. The molecule has 0 aliphatic rings.